The number of hydrogen-bond donors (Lipinski definition) is 3. The fourth-order valence-corrected chi connectivity index (χ4v) is 3.32. The molecule has 4 rings (SSSR count). The van der Waals surface area contributed by atoms with E-state index in [1.165, 1.54) is 6.20 Å². The number of nitrogens with one attached hydrogen (secondary N) is 2. The smallest absolute Gasteiger partial charge is 0.270 e. The molecule has 9 nitrogen and oxygen atoms in total. The van der Waals surface area contributed by atoms with Gasteiger partial charge >= 0.3 is 0 Å². The third kappa shape index (κ3) is 5.04. The van der Waals surface area contributed by atoms with Crippen LogP contribution in [0.3, 0.4) is 0 Å². The number of carbonyl (C=O) groups excluding carboxylic acids is 1. The van der Waals surface area contributed by atoms with Crippen molar-refractivity contribution in [2.45, 2.75) is 0 Å². The van der Waals surface area contributed by atoms with Crippen molar-refractivity contribution in [3.05, 3.63) is 66.5 Å². The third-order valence-electron chi connectivity index (χ3n) is 5.09. The molecule has 0 spiro atoms. The lowest BCUT2D eigenvalue weighted by Crippen LogP contribution is -2.27. The highest BCUT2D eigenvalue weighted by molar-refractivity contribution is 5.92. The first-order chi connectivity index (χ1) is 15.9. The number of carbonyl (C=O) groups is 1. The number of benzene rings is 2. The first-order valence-corrected chi connectivity index (χ1v) is 10.5. The largest absolute Gasteiger partial charge is 0.457 e. The van der Waals surface area contributed by atoms with E-state index >= 15 is 0 Å². The molecule has 2 aromatic heterocycles. The summed E-state index contributed by atoms with van der Waals surface area (Å²) in [5, 5.41) is 14.8. The van der Waals surface area contributed by atoms with E-state index in [1.54, 1.807) is 12.1 Å². The highest BCUT2D eigenvalue weighted by atomic mass is 16.5. The van der Waals surface area contributed by atoms with E-state index in [2.05, 4.69) is 15.6 Å². The summed E-state index contributed by atoms with van der Waals surface area (Å²) in [4.78, 5) is 22.9. The molecule has 4 aromatic rings. The molecule has 9 heteroatoms. The van der Waals surface area contributed by atoms with Crippen LogP contribution in [0, 0.1) is 0 Å². The molecule has 0 aliphatic rings. The van der Waals surface area contributed by atoms with Crippen molar-refractivity contribution < 1.29 is 14.6 Å². The molecule has 2 heterocycles. The summed E-state index contributed by atoms with van der Waals surface area (Å²) in [5.74, 6) is 1.42. The molecule has 0 aliphatic carbocycles. The molecule has 0 bridgehead atoms. The molecular weight excluding hydrogens is 420 g/mol. The lowest BCUT2D eigenvalue weighted by Gasteiger charge is -2.13. The molecule has 0 saturated heterocycles. The summed E-state index contributed by atoms with van der Waals surface area (Å²) < 4.78 is 7.92. The predicted molar refractivity (Wildman–Crippen MR) is 128 cm³/mol. The van der Waals surface area contributed by atoms with Gasteiger partial charge in [-0.1, -0.05) is 0 Å². The van der Waals surface area contributed by atoms with Crippen molar-refractivity contribution in [2.75, 3.05) is 37.5 Å². The van der Waals surface area contributed by atoms with E-state index in [0.29, 0.717) is 17.4 Å². The zero-order valence-electron chi connectivity index (χ0n) is 18.7. The Morgan fingerprint density at radius 1 is 1.09 bits per heavy atom. The molecule has 0 fully saturated rings. The van der Waals surface area contributed by atoms with Gasteiger partial charge < -0.3 is 29.9 Å². The normalized spacial score (nSPS) is 10.8. The van der Waals surface area contributed by atoms with Gasteiger partial charge in [0.05, 0.1) is 17.6 Å². The van der Waals surface area contributed by atoms with Crippen molar-refractivity contribution in [1.82, 2.24) is 19.9 Å². The Kier molecular flexibility index (Phi) is 6.41. The average Bonchev–Trinajstić information content (AvgIpc) is 3.12. The molecule has 33 heavy (non-hydrogen) atoms. The minimum atomic E-state index is -0.371. The highest BCUT2D eigenvalue weighted by Gasteiger charge is 2.11. The molecule has 2 aromatic carbocycles. The Bertz CT molecular complexity index is 1270. The van der Waals surface area contributed by atoms with E-state index in [-0.39, 0.29) is 24.8 Å². The number of amides is 1. The first kappa shape index (κ1) is 22.1. The Balaban J connectivity index is 1.52. The van der Waals surface area contributed by atoms with Crippen molar-refractivity contribution in [3.8, 4) is 11.5 Å². The van der Waals surface area contributed by atoms with Crippen molar-refractivity contribution in [2.24, 2.45) is 7.05 Å². The van der Waals surface area contributed by atoms with Crippen LogP contribution in [0.25, 0.3) is 11.0 Å². The second-order valence-electron chi connectivity index (χ2n) is 7.67. The summed E-state index contributed by atoms with van der Waals surface area (Å²) in [5.41, 5.74) is 4.01. The van der Waals surface area contributed by atoms with Gasteiger partial charge in [0.25, 0.3) is 5.91 Å². The van der Waals surface area contributed by atoms with Gasteiger partial charge in [-0.25, -0.2) is 4.98 Å². The Hall–Kier alpha value is -4.11. The SMILES string of the molecule is CN(C)c1ccc(Nc2nc3cc(Oc4ccnc(C(=O)NCCO)c4)ccc3n2C)cc1. The number of aliphatic hydroxyl groups is 1. The number of pyridine rings is 1. The topological polar surface area (TPSA) is 105 Å². The number of hydrogen-bond acceptors (Lipinski definition) is 7. The van der Waals surface area contributed by atoms with E-state index in [0.717, 1.165) is 22.4 Å². The highest BCUT2D eigenvalue weighted by Crippen LogP contribution is 2.28. The minimum absolute atomic E-state index is 0.135. The van der Waals surface area contributed by atoms with Crippen LogP contribution in [-0.4, -0.2) is 52.8 Å². The van der Waals surface area contributed by atoms with Gasteiger partial charge in [-0.2, -0.15) is 0 Å². The lowest BCUT2D eigenvalue weighted by molar-refractivity contribution is 0.0939. The molecule has 170 valence electrons. The maximum absolute atomic E-state index is 12.1. The van der Waals surface area contributed by atoms with Crippen LogP contribution < -0.4 is 20.3 Å². The Morgan fingerprint density at radius 3 is 2.58 bits per heavy atom. The number of rotatable bonds is 8. The minimum Gasteiger partial charge on any atom is -0.457 e. The van der Waals surface area contributed by atoms with E-state index < -0.39 is 0 Å². The number of aromatic nitrogens is 3. The monoisotopic (exact) mass is 446 g/mol. The van der Waals surface area contributed by atoms with Crippen LogP contribution >= 0.6 is 0 Å². The predicted octanol–water partition coefficient (Wildman–Crippen LogP) is 3.29. The van der Waals surface area contributed by atoms with Gasteiger partial charge in [0.15, 0.2) is 0 Å². The van der Waals surface area contributed by atoms with Crippen molar-refractivity contribution in [1.29, 1.82) is 0 Å². The van der Waals surface area contributed by atoms with E-state index in [1.807, 2.05) is 73.1 Å². The zero-order valence-corrected chi connectivity index (χ0v) is 18.7. The van der Waals surface area contributed by atoms with Gasteiger partial charge in [0.2, 0.25) is 5.95 Å². The van der Waals surface area contributed by atoms with E-state index in [4.69, 9.17) is 14.8 Å². The van der Waals surface area contributed by atoms with Gasteiger partial charge in [-0.15, -0.1) is 0 Å². The van der Waals surface area contributed by atoms with Crippen LogP contribution in [0.5, 0.6) is 11.5 Å². The van der Waals surface area contributed by atoms with Crippen LogP contribution in [0.2, 0.25) is 0 Å². The van der Waals surface area contributed by atoms with Gasteiger partial charge in [0, 0.05) is 57.4 Å². The first-order valence-electron chi connectivity index (χ1n) is 10.5. The summed E-state index contributed by atoms with van der Waals surface area (Å²) >= 11 is 0. The Morgan fingerprint density at radius 2 is 1.85 bits per heavy atom. The summed E-state index contributed by atoms with van der Waals surface area (Å²) in [6.45, 7) is 0.0301. The average molecular weight is 447 g/mol. The number of aliphatic hydroxyl groups excluding tert-OH is 1. The van der Waals surface area contributed by atoms with Crippen molar-refractivity contribution >= 4 is 34.3 Å². The molecule has 0 saturated carbocycles. The molecule has 0 radical (unpaired) electrons. The van der Waals surface area contributed by atoms with Crippen LogP contribution in [-0.2, 0) is 7.05 Å². The van der Waals surface area contributed by atoms with Crippen molar-refractivity contribution in [3.63, 3.8) is 0 Å². The zero-order chi connectivity index (χ0) is 23.4. The third-order valence-corrected chi connectivity index (χ3v) is 5.09. The number of aryl methyl sites for hydroxylation is 1. The molecule has 0 atom stereocenters. The Labute approximate surface area is 191 Å². The fraction of sp³-hybridized carbons (Fsp3) is 0.208. The molecule has 3 N–H and O–H groups in total. The second-order valence-corrected chi connectivity index (χ2v) is 7.67. The number of anilines is 3. The van der Waals surface area contributed by atoms with Gasteiger partial charge in [-0.3, -0.25) is 9.78 Å². The number of fused-ring (bicyclic) bond motifs is 1. The summed E-state index contributed by atoms with van der Waals surface area (Å²) in [6, 6.07) is 17.0. The quantitative estimate of drug-likeness (QED) is 0.381. The summed E-state index contributed by atoms with van der Waals surface area (Å²) in [7, 11) is 5.96. The maximum atomic E-state index is 12.1. The molecule has 0 unspecified atom stereocenters. The van der Waals surface area contributed by atoms with Crippen LogP contribution in [0.15, 0.2) is 60.8 Å². The van der Waals surface area contributed by atoms with Gasteiger partial charge in [0.1, 0.15) is 17.2 Å². The molecule has 1 amide bonds. The standard InChI is InChI=1S/C24H26N6O3/c1-29(2)17-6-4-16(5-7-17)27-24-28-20-14-18(8-9-22(20)30(24)3)33-19-10-11-25-21(15-19)23(32)26-12-13-31/h4-11,14-15,31H,12-13H2,1-3H3,(H,26,32)(H,27,28). The van der Waals surface area contributed by atoms with E-state index in [9.17, 15) is 4.79 Å². The second kappa shape index (κ2) is 9.58. The number of nitrogens with zero attached hydrogens (tertiary/aromatic N) is 4. The lowest BCUT2D eigenvalue weighted by atomic mass is 10.2. The fourth-order valence-electron chi connectivity index (χ4n) is 3.32. The molecular formula is C24H26N6O3. The van der Waals surface area contributed by atoms with Gasteiger partial charge in [-0.05, 0) is 42.5 Å². The number of ether oxygens (including phenoxy) is 1. The maximum Gasteiger partial charge on any atom is 0.270 e. The number of imidazole rings is 1. The van der Waals surface area contributed by atoms with Crippen LogP contribution in [0.4, 0.5) is 17.3 Å². The summed E-state index contributed by atoms with van der Waals surface area (Å²) in [6.07, 6.45) is 1.51. The molecule has 0 aliphatic heterocycles. The van der Waals surface area contributed by atoms with Crippen LogP contribution in [0.1, 0.15) is 10.5 Å².